The molecule has 1 amide bonds. The van der Waals surface area contributed by atoms with Crippen molar-refractivity contribution in [3.8, 4) is 5.75 Å². The molecule has 1 aliphatic heterocycles. The molecule has 1 heterocycles. The number of amides is 1. The van der Waals surface area contributed by atoms with E-state index in [-0.39, 0.29) is 18.6 Å². The van der Waals surface area contributed by atoms with Crippen LogP contribution in [0.3, 0.4) is 0 Å². The molecule has 1 aromatic carbocycles. The molecule has 1 atom stereocenters. The number of nitrogens with two attached hydrogens (primary N) is 1. The van der Waals surface area contributed by atoms with E-state index < -0.39 is 0 Å². The highest BCUT2D eigenvalue weighted by Gasteiger charge is 2.23. The maximum Gasteiger partial charge on any atom is 0.233 e. The molecule has 0 aromatic heterocycles. The third-order valence-electron chi connectivity index (χ3n) is 2.48. The second-order valence-corrected chi connectivity index (χ2v) is 4.14. The summed E-state index contributed by atoms with van der Waals surface area (Å²) in [5, 5.41) is 3.40. The lowest BCUT2D eigenvalue weighted by Gasteiger charge is -2.10. The van der Waals surface area contributed by atoms with E-state index in [2.05, 4.69) is 5.32 Å². The van der Waals surface area contributed by atoms with Crippen LogP contribution in [0.4, 0.5) is 0 Å². The topological polar surface area (TPSA) is 64.4 Å². The normalized spacial score (nSPS) is 17.8. The lowest BCUT2D eigenvalue weighted by atomic mass is 10.1. The first-order valence-corrected chi connectivity index (χ1v) is 5.48. The average molecular weight is 241 g/mol. The van der Waals surface area contributed by atoms with Crippen molar-refractivity contribution in [1.29, 1.82) is 0 Å². The van der Waals surface area contributed by atoms with Gasteiger partial charge in [0.15, 0.2) is 0 Å². The summed E-state index contributed by atoms with van der Waals surface area (Å²) in [7, 11) is 0. The van der Waals surface area contributed by atoms with E-state index in [1.165, 1.54) is 0 Å². The summed E-state index contributed by atoms with van der Waals surface area (Å²) in [4.78, 5) is 11.0. The van der Waals surface area contributed by atoms with Crippen molar-refractivity contribution in [2.24, 2.45) is 5.73 Å². The molecule has 16 heavy (non-hydrogen) atoms. The monoisotopic (exact) mass is 240 g/mol. The van der Waals surface area contributed by atoms with Gasteiger partial charge in [-0.15, -0.1) is 0 Å². The van der Waals surface area contributed by atoms with Crippen LogP contribution >= 0.6 is 11.6 Å². The van der Waals surface area contributed by atoms with Gasteiger partial charge in [0.25, 0.3) is 0 Å². The quantitative estimate of drug-likeness (QED) is 0.818. The standard InChI is InChI=1S/C11H13ClN2O2/c12-8-1-2-10-7(3-8)4-9(16-10)6-14-11(15)5-13/h1-3,9H,4-6,13H2,(H,14,15). The molecule has 0 fully saturated rings. The Labute approximate surface area is 98.7 Å². The van der Waals surface area contributed by atoms with E-state index >= 15 is 0 Å². The maximum atomic E-state index is 11.0. The molecule has 0 bridgehead atoms. The average Bonchev–Trinajstić information content (AvgIpc) is 2.67. The second kappa shape index (κ2) is 4.72. The molecule has 2 rings (SSSR count). The summed E-state index contributed by atoms with van der Waals surface area (Å²) in [6.45, 7) is 0.480. The molecule has 86 valence electrons. The molecule has 0 aliphatic carbocycles. The molecule has 0 saturated heterocycles. The first-order chi connectivity index (χ1) is 7.69. The highest BCUT2D eigenvalue weighted by Crippen LogP contribution is 2.30. The molecule has 0 spiro atoms. The number of nitrogens with one attached hydrogen (secondary N) is 1. The van der Waals surface area contributed by atoms with Gasteiger partial charge in [-0.05, 0) is 23.8 Å². The van der Waals surface area contributed by atoms with Gasteiger partial charge in [0.2, 0.25) is 5.91 Å². The lowest BCUT2D eigenvalue weighted by Crippen LogP contribution is -2.37. The van der Waals surface area contributed by atoms with Gasteiger partial charge in [0.05, 0.1) is 13.1 Å². The number of carbonyl (C=O) groups excluding carboxylic acids is 1. The van der Waals surface area contributed by atoms with Crippen LogP contribution in [0.15, 0.2) is 18.2 Å². The van der Waals surface area contributed by atoms with Crippen LogP contribution in [0.2, 0.25) is 5.02 Å². The Morgan fingerprint density at radius 2 is 2.44 bits per heavy atom. The fourth-order valence-corrected chi connectivity index (χ4v) is 1.90. The minimum atomic E-state index is -0.169. The van der Waals surface area contributed by atoms with Crippen molar-refractivity contribution < 1.29 is 9.53 Å². The summed E-state index contributed by atoms with van der Waals surface area (Å²) in [6, 6.07) is 5.53. The van der Waals surface area contributed by atoms with Gasteiger partial charge in [-0.25, -0.2) is 0 Å². The Morgan fingerprint density at radius 1 is 1.62 bits per heavy atom. The SMILES string of the molecule is NCC(=O)NCC1Cc2cc(Cl)ccc2O1. The summed E-state index contributed by atoms with van der Waals surface area (Å²) in [5.41, 5.74) is 6.27. The van der Waals surface area contributed by atoms with Crippen LogP contribution in [-0.2, 0) is 11.2 Å². The smallest absolute Gasteiger partial charge is 0.233 e. The number of halogens is 1. The molecular weight excluding hydrogens is 228 g/mol. The Hall–Kier alpha value is -1.26. The van der Waals surface area contributed by atoms with Crippen LogP contribution in [-0.4, -0.2) is 25.1 Å². The summed E-state index contributed by atoms with van der Waals surface area (Å²) >= 11 is 5.88. The molecule has 1 aromatic rings. The number of hydrogen-bond donors (Lipinski definition) is 2. The Kier molecular flexibility index (Phi) is 3.31. The van der Waals surface area contributed by atoms with E-state index in [4.69, 9.17) is 22.1 Å². The van der Waals surface area contributed by atoms with Gasteiger partial charge in [0.1, 0.15) is 11.9 Å². The first-order valence-electron chi connectivity index (χ1n) is 5.11. The number of rotatable bonds is 3. The third kappa shape index (κ3) is 2.46. The molecule has 3 N–H and O–H groups in total. The van der Waals surface area contributed by atoms with Crippen molar-refractivity contribution in [2.75, 3.05) is 13.1 Å². The predicted molar refractivity (Wildman–Crippen MR) is 61.6 cm³/mol. The van der Waals surface area contributed by atoms with Gasteiger partial charge in [-0.3, -0.25) is 4.79 Å². The summed E-state index contributed by atoms with van der Waals surface area (Å²) in [6.07, 6.45) is 0.741. The van der Waals surface area contributed by atoms with Crippen LogP contribution in [0, 0.1) is 0 Å². The summed E-state index contributed by atoms with van der Waals surface area (Å²) < 4.78 is 5.64. The van der Waals surface area contributed by atoms with Gasteiger partial charge in [0, 0.05) is 11.4 Å². The van der Waals surface area contributed by atoms with Crippen molar-refractivity contribution in [1.82, 2.24) is 5.32 Å². The molecule has 1 unspecified atom stereocenters. The van der Waals surface area contributed by atoms with Gasteiger partial charge in [-0.1, -0.05) is 11.6 Å². The highest BCUT2D eigenvalue weighted by molar-refractivity contribution is 6.30. The van der Waals surface area contributed by atoms with Gasteiger partial charge < -0.3 is 15.8 Å². The van der Waals surface area contributed by atoms with Crippen molar-refractivity contribution in [3.63, 3.8) is 0 Å². The van der Waals surface area contributed by atoms with Crippen LogP contribution in [0.1, 0.15) is 5.56 Å². The van der Waals surface area contributed by atoms with E-state index in [0.717, 1.165) is 17.7 Å². The Balaban J connectivity index is 1.93. The largest absolute Gasteiger partial charge is 0.488 e. The van der Waals surface area contributed by atoms with E-state index in [0.29, 0.717) is 11.6 Å². The van der Waals surface area contributed by atoms with E-state index in [1.807, 2.05) is 12.1 Å². The van der Waals surface area contributed by atoms with Crippen molar-refractivity contribution in [3.05, 3.63) is 28.8 Å². The zero-order valence-corrected chi connectivity index (χ0v) is 9.46. The van der Waals surface area contributed by atoms with Crippen LogP contribution in [0.5, 0.6) is 5.75 Å². The third-order valence-corrected chi connectivity index (χ3v) is 2.71. The fourth-order valence-electron chi connectivity index (χ4n) is 1.70. The second-order valence-electron chi connectivity index (χ2n) is 3.70. The van der Waals surface area contributed by atoms with Crippen molar-refractivity contribution >= 4 is 17.5 Å². The predicted octanol–water partition coefficient (Wildman–Crippen LogP) is 0.718. The molecular formula is C11H13ClN2O2. The fraction of sp³-hybridized carbons (Fsp3) is 0.364. The molecule has 5 heteroatoms. The number of carbonyl (C=O) groups is 1. The summed E-state index contributed by atoms with van der Waals surface area (Å²) in [5.74, 6) is 0.675. The first kappa shape index (κ1) is 11.2. The number of ether oxygens (including phenoxy) is 1. The lowest BCUT2D eigenvalue weighted by molar-refractivity contribution is -0.120. The van der Waals surface area contributed by atoms with Crippen molar-refractivity contribution in [2.45, 2.75) is 12.5 Å². The maximum absolute atomic E-state index is 11.0. The zero-order chi connectivity index (χ0) is 11.5. The van der Waals surface area contributed by atoms with Gasteiger partial charge in [-0.2, -0.15) is 0 Å². The van der Waals surface area contributed by atoms with Gasteiger partial charge >= 0.3 is 0 Å². The number of benzene rings is 1. The minimum Gasteiger partial charge on any atom is -0.488 e. The number of hydrogen-bond acceptors (Lipinski definition) is 3. The molecule has 0 radical (unpaired) electrons. The molecule has 4 nitrogen and oxygen atoms in total. The Bertz CT molecular complexity index is 409. The zero-order valence-electron chi connectivity index (χ0n) is 8.70. The minimum absolute atomic E-state index is 0.00545. The Morgan fingerprint density at radius 3 is 3.19 bits per heavy atom. The van der Waals surface area contributed by atoms with Crippen LogP contribution < -0.4 is 15.8 Å². The van der Waals surface area contributed by atoms with E-state index in [1.54, 1.807) is 6.07 Å². The molecule has 0 saturated carbocycles. The number of fused-ring (bicyclic) bond motifs is 1. The molecule has 1 aliphatic rings. The highest BCUT2D eigenvalue weighted by atomic mass is 35.5. The van der Waals surface area contributed by atoms with E-state index in [9.17, 15) is 4.79 Å². The van der Waals surface area contributed by atoms with Crippen LogP contribution in [0.25, 0.3) is 0 Å².